The van der Waals surface area contributed by atoms with Crippen LogP contribution in [0.5, 0.6) is 0 Å². The summed E-state index contributed by atoms with van der Waals surface area (Å²) in [5.41, 5.74) is 1.99. The van der Waals surface area contributed by atoms with Crippen LogP contribution in [0.2, 0.25) is 5.02 Å². The highest BCUT2D eigenvalue weighted by Gasteiger charge is 2.25. The number of fused-ring (bicyclic) bond motifs is 1. The number of aromatic nitrogens is 1. The fourth-order valence-electron chi connectivity index (χ4n) is 2.89. The van der Waals surface area contributed by atoms with E-state index in [2.05, 4.69) is 16.8 Å². The molecule has 6 heteroatoms. The number of sulfone groups is 1. The van der Waals surface area contributed by atoms with Gasteiger partial charge in [0, 0.05) is 35.7 Å². The zero-order valence-electron chi connectivity index (χ0n) is 12.5. The molecule has 3 rings (SSSR count). The average molecular weight is 339 g/mol. The zero-order valence-corrected chi connectivity index (χ0v) is 14.1. The van der Waals surface area contributed by atoms with Gasteiger partial charge in [0.05, 0.1) is 17.0 Å². The van der Waals surface area contributed by atoms with Gasteiger partial charge in [-0.1, -0.05) is 17.7 Å². The van der Waals surface area contributed by atoms with Crippen LogP contribution in [0.4, 0.5) is 0 Å². The van der Waals surface area contributed by atoms with E-state index in [0.29, 0.717) is 24.5 Å². The van der Waals surface area contributed by atoms with Crippen molar-refractivity contribution in [3.8, 4) is 0 Å². The van der Waals surface area contributed by atoms with Gasteiger partial charge in [0.1, 0.15) is 0 Å². The fraction of sp³-hybridized carbons (Fsp3) is 0.438. The molecule has 1 saturated heterocycles. The van der Waals surface area contributed by atoms with Crippen molar-refractivity contribution >= 4 is 32.3 Å². The van der Waals surface area contributed by atoms with Gasteiger partial charge in [0.2, 0.25) is 0 Å². The molecule has 1 aliphatic heterocycles. The third kappa shape index (κ3) is 3.26. The molecule has 4 nitrogen and oxygen atoms in total. The van der Waals surface area contributed by atoms with Crippen molar-refractivity contribution in [2.75, 3.05) is 18.1 Å². The molecule has 0 N–H and O–H groups in total. The first kappa shape index (κ1) is 15.7. The van der Waals surface area contributed by atoms with Crippen LogP contribution in [0.15, 0.2) is 30.5 Å². The topological polar surface area (TPSA) is 50.3 Å². The molecule has 1 aromatic heterocycles. The Balaban J connectivity index is 1.91. The molecule has 0 amide bonds. The minimum atomic E-state index is -2.90. The van der Waals surface area contributed by atoms with Gasteiger partial charge in [-0.3, -0.25) is 9.88 Å². The van der Waals surface area contributed by atoms with Crippen LogP contribution >= 0.6 is 11.6 Å². The first-order valence-electron chi connectivity index (χ1n) is 7.43. The van der Waals surface area contributed by atoms with Crippen molar-refractivity contribution in [2.24, 2.45) is 0 Å². The molecule has 118 valence electrons. The van der Waals surface area contributed by atoms with Crippen LogP contribution in [0, 0.1) is 0 Å². The molecule has 1 unspecified atom stereocenters. The summed E-state index contributed by atoms with van der Waals surface area (Å²) in [6.45, 7) is 3.36. The predicted octanol–water partition coefficient (Wildman–Crippen LogP) is 2.90. The zero-order chi connectivity index (χ0) is 15.7. The van der Waals surface area contributed by atoms with Crippen LogP contribution in [0.25, 0.3) is 10.9 Å². The van der Waals surface area contributed by atoms with Crippen molar-refractivity contribution in [1.82, 2.24) is 9.88 Å². The molecule has 0 spiro atoms. The van der Waals surface area contributed by atoms with Crippen molar-refractivity contribution in [3.05, 3.63) is 41.0 Å². The van der Waals surface area contributed by atoms with Crippen LogP contribution in [0.3, 0.4) is 0 Å². The molecule has 1 atom stereocenters. The molecule has 1 aliphatic rings. The van der Waals surface area contributed by atoms with Gasteiger partial charge in [-0.05, 0) is 37.1 Å². The van der Waals surface area contributed by atoms with Crippen LogP contribution < -0.4 is 0 Å². The molecule has 1 fully saturated rings. The second-order valence-electron chi connectivity index (χ2n) is 5.87. The van der Waals surface area contributed by atoms with Crippen molar-refractivity contribution in [2.45, 2.75) is 25.9 Å². The maximum absolute atomic E-state index is 11.8. The Hall–Kier alpha value is -1.17. The molecule has 0 bridgehead atoms. The smallest absolute Gasteiger partial charge is 0.151 e. The SMILES string of the molecule is CC1CCS(=O)(=O)CCN1Cc1ccc(Cl)c2cccnc12. The monoisotopic (exact) mass is 338 g/mol. The second-order valence-corrected chi connectivity index (χ2v) is 8.58. The number of halogens is 1. The third-order valence-corrected chi connectivity index (χ3v) is 6.32. The van der Waals surface area contributed by atoms with E-state index in [4.69, 9.17) is 11.6 Å². The van der Waals surface area contributed by atoms with E-state index in [-0.39, 0.29) is 17.5 Å². The summed E-state index contributed by atoms with van der Waals surface area (Å²) in [6, 6.07) is 7.96. The summed E-state index contributed by atoms with van der Waals surface area (Å²) in [4.78, 5) is 6.68. The lowest BCUT2D eigenvalue weighted by atomic mass is 10.1. The largest absolute Gasteiger partial charge is 0.295 e. The molecule has 2 aromatic rings. The fourth-order valence-corrected chi connectivity index (χ4v) is 4.52. The van der Waals surface area contributed by atoms with E-state index in [0.717, 1.165) is 16.5 Å². The maximum Gasteiger partial charge on any atom is 0.151 e. The number of rotatable bonds is 2. The maximum atomic E-state index is 11.8. The Kier molecular flexibility index (Phi) is 4.39. The normalized spacial score (nSPS) is 22.5. The van der Waals surface area contributed by atoms with Gasteiger partial charge in [-0.2, -0.15) is 0 Å². The van der Waals surface area contributed by atoms with Gasteiger partial charge >= 0.3 is 0 Å². The third-order valence-electron chi connectivity index (χ3n) is 4.33. The van der Waals surface area contributed by atoms with E-state index in [1.807, 2.05) is 24.3 Å². The highest BCUT2D eigenvalue weighted by atomic mass is 35.5. The molecule has 1 aromatic carbocycles. The van der Waals surface area contributed by atoms with Crippen molar-refractivity contribution in [1.29, 1.82) is 0 Å². The lowest BCUT2D eigenvalue weighted by Gasteiger charge is -2.26. The lowest BCUT2D eigenvalue weighted by molar-refractivity contribution is 0.213. The van der Waals surface area contributed by atoms with E-state index in [1.165, 1.54) is 0 Å². The van der Waals surface area contributed by atoms with E-state index >= 15 is 0 Å². The summed E-state index contributed by atoms with van der Waals surface area (Å²) >= 11 is 6.23. The van der Waals surface area contributed by atoms with Crippen LogP contribution in [0.1, 0.15) is 18.9 Å². The highest BCUT2D eigenvalue weighted by molar-refractivity contribution is 7.91. The molecule has 2 heterocycles. The summed E-state index contributed by atoms with van der Waals surface area (Å²) in [6.07, 6.45) is 2.44. The van der Waals surface area contributed by atoms with E-state index < -0.39 is 9.84 Å². The van der Waals surface area contributed by atoms with Gasteiger partial charge in [0.15, 0.2) is 9.84 Å². The minimum Gasteiger partial charge on any atom is -0.295 e. The molecular formula is C16H19ClN2O2S. The van der Waals surface area contributed by atoms with E-state index in [1.54, 1.807) is 6.20 Å². The predicted molar refractivity (Wildman–Crippen MR) is 89.9 cm³/mol. The first-order valence-corrected chi connectivity index (χ1v) is 9.63. The minimum absolute atomic E-state index is 0.232. The highest BCUT2D eigenvalue weighted by Crippen LogP contribution is 2.26. The Bertz CT molecular complexity index is 792. The van der Waals surface area contributed by atoms with Crippen molar-refractivity contribution in [3.63, 3.8) is 0 Å². The van der Waals surface area contributed by atoms with Gasteiger partial charge in [-0.15, -0.1) is 0 Å². The van der Waals surface area contributed by atoms with Crippen LogP contribution in [-0.2, 0) is 16.4 Å². The number of hydrogen-bond donors (Lipinski definition) is 0. The van der Waals surface area contributed by atoms with Crippen molar-refractivity contribution < 1.29 is 8.42 Å². The molecule has 22 heavy (non-hydrogen) atoms. The summed E-state index contributed by atoms with van der Waals surface area (Å²) < 4.78 is 23.6. The number of pyridine rings is 1. The molecule has 0 aliphatic carbocycles. The van der Waals surface area contributed by atoms with Gasteiger partial charge in [0.25, 0.3) is 0 Å². The Labute approximate surface area is 136 Å². The molecule has 0 radical (unpaired) electrons. The van der Waals surface area contributed by atoms with Gasteiger partial charge < -0.3 is 0 Å². The van der Waals surface area contributed by atoms with Crippen LogP contribution in [-0.4, -0.2) is 42.4 Å². The summed E-state index contributed by atoms with van der Waals surface area (Å²) in [5, 5.41) is 1.63. The number of benzene rings is 1. The summed E-state index contributed by atoms with van der Waals surface area (Å²) in [7, 11) is -2.90. The van der Waals surface area contributed by atoms with E-state index in [9.17, 15) is 8.42 Å². The number of nitrogens with zero attached hydrogens (tertiary/aromatic N) is 2. The summed E-state index contributed by atoms with van der Waals surface area (Å²) in [5.74, 6) is 0.514. The Morgan fingerprint density at radius 3 is 2.95 bits per heavy atom. The molecular weight excluding hydrogens is 320 g/mol. The Morgan fingerprint density at radius 2 is 2.14 bits per heavy atom. The lowest BCUT2D eigenvalue weighted by Crippen LogP contribution is -2.33. The number of hydrogen-bond acceptors (Lipinski definition) is 4. The average Bonchev–Trinajstić information content (AvgIpc) is 2.63. The first-order chi connectivity index (χ1) is 10.5. The molecule has 0 saturated carbocycles. The Morgan fingerprint density at radius 1 is 1.32 bits per heavy atom. The quantitative estimate of drug-likeness (QED) is 0.844. The second kappa shape index (κ2) is 6.14. The van der Waals surface area contributed by atoms with Gasteiger partial charge in [-0.25, -0.2) is 8.42 Å². The standard InChI is InChI=1S/C16H19ClN2O2S/c1-12-6-9-22(20,21)10-8-19(12)11-13-4-5-15(17)14-3-2-7-18-16(13)14/h2-5,7,12H,6,8-11H2,1H3.